The Labute approximate surface area is 116 Å². The summed E-state index contributed by atoms with van der Waals surface area (Å²) in [5.41, 5.74) is -0.172. The van der Waals surface area contributed by atoms with Crippen LogP contribution in [0.25, 0.3) is 0 Å². The zero-order valence-corrected chi connectivity index (χ0v) is 11.6. The van der Waals surface area contributed by atoms with Gasteiger partial charge in [-0.15, -0.1) is 0 Å². The molecule has 1 aromatic heterocycles. The van der Waals surface area contributed by atoms with Gasteiger partial charge in [-0.05, 0) is 29.5 Å². The van der Waals surface area contributed by atoms with Gasteiger partial charge in [-0.3, -0.25) is 9.78 Å². The number of allylic oxidation sites excluding steroid dienone is 1. The fraction of sp³-hybridized carbons (Fsp3) is 0.385. The van der Waals surface area contributed by atoms with E-state index in [1.54, 1.807) is 24.4 Å². The van der Waals surface area contributed by atoms with Crippen LogP contribution in [0.4, 0.5) is 0 Å². The summed E-state index contributed by atoms with van der Waals surface area (Å²) in [7, 11) is 0. The van der Waals surface area contributed by atoms with E-state index in [0.29, 0.717) is 5.75 Å². The summed E-state index contributed by atoms with van der Waals surface area (Å²) in [6.07, 6.45) is 4.82. The van der Waals surface area contributed by atoms with Crippen LogP contribution in [0.15, 0.2) is 35.1 Å². The molecule has 1 aliphatic rings. The minimum Gasteiger partial charge on any atom is -0.425 e. The van der Waals surface area contributed by atoms with Gasteiger partial charge in [-0.25, -0.2) is 0 Å². The first-order valence-electron chi connectivity index (χ1n) is 5.57. The fourth-order valence-corrected chi connectivity index (χ4v) is 2.43. The molecule has 0 aromatic carbocycles. The Balaban J connectivity index is 2.05. The van der Waals surface area contributed by atoms with Crippen LogP contribution in [-0.4, -0.2) is 11.0 Å². The van der Waals surface area contributed by atoms with E-state index in [-0.39, 0.29) is 27.7 Å². The predicted molar refractivity (Wildman–Crippen MR) is 70.4 cm³/mol. The first-order chi connectivity index (χ1) is 8.43. The van der Waals surface area contributed by atoms with Crippen molar-refractivity contribution >= 4 is 29.2 Å². The molecule has 0 saturated heterocycles. The highest BCUT2D eigenvalue weighted by atomic mass is 35.5. The topological polar surface area (TPSA) is 39.2 Å². The second kappa shape index (κ2) is 4.90. The highest BCUT2D eigenvalue weighted by Crippen LogP contribution is 2.60. The second-order valence-electron chi connectivity index (χ2n) is 4.89. The highest BCUT2D eigenvalue weighted by molar-refractivity contribution is 6.55. The first-order valence-corrected chi connectivity index (χ1v) is 6.33. The van der Waals surface area contributed by atoms with Crippen molar-refractivity contribution < 1.29 is 9.53 Å². The summed E-state index contributed by atoms with van der Waals surface area (Å²) in [6, 6.07) is 3.41. The minimum absolute atomic E-state index is 0.0201. The van der Waals surface area contributed by atoms with E-state index in [0.717, 1.165) is 0 Å². The zero-order chi connectivity index (χ0) is 13.3. The van der Waals surface area contributed by atoms with Crippen LogP contribution in [0.3, 0.4) is 0 Å². The van der Waals surface area contributed by atoms with Crippen LogP contribution in [-0.2, 0) is 4.79 Å². The lowest BCUT2D eigenvalue weighted by Crippen LogP contribution is -2.13. The van der Waals surface area contributed by atoms with Gasteiger partial charge in [-0.2, -0.15) is 0 Å². The largest absolute Gasteiger partial charge is 0.425 e. The maximum absolute atomic E-state index is 12.0. The first kappa shape index (κ1) is 13.4. The molecule has 0 amide bonds. The molecule has 2 atom stereocenters. The summed E-state index contributed by atoms with van der Waals surface area (Å²) in [6.45, 7) is 3.97. The van der Waals surface area contributed by atoms with Gasteiger partial charge in [0.15, 0.2) is 0 Å². The number of rotatable bonds is 3. The molecule has 5 heteroatoms. The minimum atomic E-state index is -0.274. The Morgan fingerprint density at radius 3 is 2.78 bits per heavy atom. The number of hydrogen-bond acceptors (Lipinski definition) is 3. The Hall–Kier alpha value is -1.06. The molecule has 2 rings (SSSR count). The molecule has 0 aliphatic heterocycles. The molecule has 1 heterocycles. The van der Waals surface area contributed by atoms with Crippen molar-refractivity contribution in [1.82, 2.24) is 4.98 Å². The number of carbonyl (C=O) groups excluding carboxylic acids is 1. The van der Waals surface area contributed by atoms with E-state index in [9.17, 15) is 4.79 Å². The van der Waals surface area contributed by atoms with Crippen molar-refractivity contribution in [2.75, 3.05) is 0 Å². The molecule has 0 spiro atoms. The number of aromatic nitrogens is 1. The average Bonchev–Trinajstić information content (AvgIpc) is 2.80. The van der Waals surface area contributed by atoms with Crippen molar-refractivity contribution in [2.24, 2.45) is 17.3 Å². The average molecular weight is 286 g/mol. The van der Waals surface area contributed by atoms with Gasteiger partial charge >= 0.3 is 5.97 Å². The van der Waals surface area contributed by atoms with E-state index in [2.05, 4.69) is 4.98 Å². The SMILES string of the molecule is CC1(C)[C@H](C(=O)Oc2cccnc2)[C@@H]1C=C(Cl)Cl. The number of pyridine rings is 1. The van der Waals surface area contributed by atoms with E-state index in [1.807, 2.05) is 13.8 Å². The van der Waals surface area contributed by atoms with Gasteiger partial charge in [-0.1, -0.05) is 37.0 Å². The van der Waals surface area contributed by atoms with Crippen LogP contribution < -0.4 is 4.74 Å². The summed E-state index contributed by atoms with van der Waals surface area (Å²) in [5, 5.41) is 0. The van der Waals surface area contributed by atoms with Crippen LogP contribution in [0, 0.1) is 17.3 Å². The predicted octanol–water partition coefficient (Wildman–Crippen LogP) is 3.58. The lowest BCUT2D eigenvalue weighted by Gasteiger charge is -2.04. The number of carbonyl (C=O) groups is 1. The molecule has 0 radical (unpaired) electrons. The third kappa shape index (κ3) is 2.68. The molecule has 18 heavy (non-hydrogen) atoms. The number of halogens is 2. The van der Waals surface area contributed by atoms with Crippen molar-refractivity contribution in [3.05, 3.63) is 35.1 Å². The molecule has 96 valence electrons. The Bertz CT molecular complexity index is 481. The smallest absolute Gasteiger partial charge is 0.315 e. The van der Waals surface area contributed by atoms with Crippen molar-refractivity contribution in [1.29, 1.82) is 0 Å². The molecule has 0 bridgehead atoms. The van der Waals surface area contributed by atoms with Gasteiger partial charge in [0, 0.05) is 6.20 Å². The lowest BCUT2D eigenvalue weighted by molar-refractivity contribution is -0.136. The number of ether oxygens (including phenoxy) is 1. The van der Waals surface area contributed by atoms with E-state index in [4.69, 9.17) is 27.9 Å². The Kier molecular flexibility index (Phi) is 3.64. The van der Waals surface area contributed by atoms with Gasteiger partial charge in [0.05, 0.1) is 12.1 Å². The number of hydrogen-bond donors (Lipinski definition) is 0. The van der Waals surface area contributed by atoms with Crippen LogP contribution >= 0.6 is 23.2 Å². The van der Waals surface area contributed by atoms with Crippen molar-refractivity contribution in [3.63, 3.8) is 0 Å². The van der Waals surface area contributed by atoms with Crippen LogP contribution in [0.2, 0.25) is 0 Å². The van der Waals surface area contributed by atoms with Crippen molar-refractivity contribution in [3.8, 4) is 5.75 Å². The second-order valence-corrected chi connectivity index (χ2v) is 5.90. The summed E-state index contributed by atoms with van der Waals surface area (Å²) in [5.74, 6) is -0.0226. The van der Waals surface area contributed by atoms with Crippen LogP contribution in [0.1, 0.15) is 13.8 Å². The monoisotopic (exact) mass is 285 g/mol. The van der Waals surface area contributed by atoms with Crippen molar-refractivity contribution in [2.45, 2.75) is 13.8 Å². The Morgan fingerprint density at radius 2 is 2.22 bits per heavy atom. The van der Waals surface area contributed by atoms with E-state index >= 15 is 0 Å². The quantitative estimate of drug-likeness (QED) is 0.797. The number of nitrogens with zero attached hydrogens (tertiary/aromatic N) is 1. The third-order valence-corrected chi connectivity index (χ3v) is 3.57. The zero-order valence-electron chi connectivity index (χ0n) is 10.1. The number of esters is 1. The molecule has 1 fully saturated rings. The maximum atomic E-state index is 12.0. The van der Waals surface area contributed by atoms with Gasteiger partial charge in [0.25, 0.3) is 0 Å². The highest BCUT2D eigenvalue weighted by Gasteiger charge is 2.61. The van der Waals surface area contributed by atoms with Gasteiger partial charge in [0.1, 0.15) is 10.2 Å². The van der Waals surface area contributed by atoms with Gasteiger partial charge in [0.2, 0.25) is 0 Å². The molecule has 3 nitrogen and oxygen atoms in total. The molecule has 1 aromatic rings. The molecule has 1 aliphatic carbocycles. The standard InChI is InChI=1S/C13H13Cl2NO2/c1-13(2)9(6-10(14)15)11(13)12(17)18-8-4-3-5-16-7-8/h3-7,9,11H,1-2H3/t9-,11-/m0/s1. The molecular formula is C13H13Cl2NO2. The Morgan fingerprint density at radius 1 is 1.50 bits per heavy atom. The van der Waals surface area contributed by atoms with E-state index in [1.165, 1.54) is 6.20 Å². The molecule has 0 N–H and O–H groups in total. The van der Waals surface area contributed by atoms with E-state index < -0.39 is 0 Å². The van der Waals surface area contributed by atoms with Crippen LogP contribution in [0.5, 0.6) is 5.75 Å². The lowest BCUT2D eigenvalue weighted by atomic mass is 10.1. The maximum Gasteiger partial charge on any atom is 0.315 e. The fourth-order valence-electron chi connectivity index (χ4n) is 2.16. The van der Waals surface area contributed by atoms with Gasteiger partial charge < -0.3 is 4.74 Å². The summed E-state index contributed by atoms with van der Waals surface area (Å²) in [4.78, 5) is 15.9. The third-order valence-electron chi connectivity index (χ3n) is 3.32. The molecule has 1 saturated carbocycles. The molecule has 0 unspecified atom stereocenters. The summed E-state index contributed by atoms with van der Waals surface area (Å²) >= 11 is 11.3. The summed E-state index contributed by atoms with van der Waals surface area (Å²) < 4.78 is 5.45. The molecular weight excluding hydrogens is 273 g/mol. The normalized spacial score (nSPS) is 24.2.